The molecule has 366 valence electrons. The summed E-state index contributed by atoms with van der Waals surface area (Å²) in [6.07, 6.45) is 0. The Balaban J connectivity index is 1.03. The Morgan fingerprint density at radius 1 is 0.266 bits per heavy atom. The smallest absolute Gasteiger partial charge is 0.252 e. The molecule has 11 aromatic carbocycles. The van der Waals surface area contributed by atoms with Crippen LogP contribution in [0.25, 0.3) is 22.3 Å². The summed E-state index contributed by atoms with van der Waals surface area (Å²) < 4.78 is 0. The van der Waals surface area contributed by atoms with E-state index in [0.29, 0.717) is 0 Å². The second kappa shape index (κ2) is 15.8. The van der Waals surface area contributed by atoms with Gasteiger partial charge in [0.05, 0.1) is 0 Å². The highest BCUT2D eigenvalue weighted by Gasteiger charge is 2.58. The van der Waals surface area contributed by atoms with Gasteiger partial charge in [0.25, 0.3) is 20.1 Å². The molecule has 0 atom stereocenters. The third-order valence-corrected chi connectivity index (χ3v) is 20.1. The first kappa shape index (κ1) is 44.4. The molecule has 0 amide bonds. The minimum absolute atomic E-state index is 0.0127. The fourth-order valence-electron chi connectivity index (χ4n) is 16.0. The van der Waals surface area contributed by atoms with Crippen molar-refractivity contribution < 1.29 is 0 Å². The lowest BCUT2D eigenvalue weighted by Gasteiger charge is -2.56. The molecule has 0 unspecified atom stereocenters. The highest BCUT2D eigenvalue weighted by atomic mass is 32.2. The van der Waals surface area contributed by atoms with Gasteiger partial charge >= 0.3 is 0 Å². The van der Waals surface area contributed by atoms with Gasteiger partial charge in [0.2, 0.25) is 6.71 Å². The zero-order chi connectivity index (χ0) is 52.3. The molecule has 0 saturated carbocycles. The number of aryl methyl sites for hydroxylation is 5. The molecular weight excluding hydrogens is 970 g/mol. The minimum Gasteiger partial charge on any atom is -0.312 e. The number of para-hydroxylation sites is 1. The van der Waals surface area contributed by atoms with Gasteiger partial charge in [-0.25, -0.2) is 0 Å². The molecule has 18 rings (SSSR count). The number of nitrogens with zero attached hydrogens (tertiary/aromatic N) is 3. The van der Waals surface area contributed by atoms with Crippen molar-refractivity contribution in [2.24, 2.45) is 0 Å². The summed E-state index contributed by atoms with van der Waals surface area (Å²) >= 11 is 1.96. The molecule has 7 heterocycles. The van der Waals surface area contributed by atoms with E-state index in [1.54, 1.807) is 0 Å². The molecular formula is C71H49B4N3S. The van der Waals surface area contributed by atoms with Gasteiger partial charge in [0.1, 0.15) is 0 Å². The lowest BCUT2D eigenvalue weighted by Crippen LogP contribution is -2.75. The zero-order valence-electron chi connectivity index (χ0n) is 44.7. The molecule has 0 saturated heterocycles. The van der Waals surface area contributed by atoms with E-state index in [4.69, 9.17) is 0 Å². The van der Waals surface area contributed by atoms with E-state index >= 15 is 0 Å². The largest absolute Gasteiger partial charge is 0.312 e. The third-order valence-electron chi connectivity index (χ3n) is 18.9. The summed E-state index contributed by atoms with van der Waals surface area (Å²) in [6, 6.07) is 80.3. The Morgan fingerprint density at radius 3 is 1.27 bits per heavy atom. The van der Waals surface area contributed by atoms with Crippen LogP contribution in [0.15, 0.2) is 216 Å². The molecule has 0 aromatic heterocycles. The highest BCUT2D eigenvalue weighted by molar-refractivity contribution is 8.00. The standard InChI is InChI=1S/C71H49B4N3S/c1-40-24-30-58-53(34-40)72-49-20-12-14-22-57(49)77-62-39-64-56(75(52-21-13-15-23-63(52)79-64)65-43(4)32-42(3)33-44(65)5)38-55(62)74-51-29-27-48(46-18-10-7-11-19-46)37-61(51)78-60-36-47(45-16-8-6-9-17-45)26-28-50(60)73-54-35-41(2)25-31-59(54)76(58)69-66(72)70(77)68(74)71(78)67(69)73/h6-39H,1-5H3. The predicted molar refractivity (Wildman–Crippen MR) is 341 cm³/mol. The number of anilines is 9. The molecule has 79 heavy (non-hydrogen) atoms. The van der Waals surface area contributed by atoms with E-state index in [1.807, 2.05) is 11.8 Å². The van der Waals surface area contributed by atoms with Crippen molar-refractivity contribution in [1.82, 2.24) is 0 Å². The van der Waals surface area contributed by atoms with Crippen molar-refractivity contribution >= 4 is 155 Å². The van der Waals surface area contributed by atoms with E-state index < -0.39 is 0 Å². The fourth-order valence-corrected chi connectivity index (χ4v) is 17.1. The van der Waals surface area contributed by atoms with Crippen LogP contribution in [0.1, 0.15) is 27.8 Å². The Bertz CT molecular complexity index is 4570. The lowest BCUT2D eigenvalue weighted by molar-refractivity contribution is 1.22. The van der Waals surface area contributed by atoms with Gasteiger partial charge in [0, 0.05) is 61.0 Å². The van der Waals surface area contributed by atoms with E-state index in [2.05, 4.69) is 256 Å². The average Bonchev–Trinajstić information content (AvgIpc) is 3.65. The minimum atomic E-state index is -0.0705. The molecule has 0 spiro atoms. The zero-order valence-corrected chi connectivity index (χ0v) is 45.5. The Kier molecular flexibility index (Phi) is 8.89. The summed E-state index contributed by atoms with van der Waals surface area (Å²) in [6.45, 7) is 11.5. The first-order valence-corrected chi connectivity index (χ1v) is 28.9. The van der Waals surface area contributed by atoms with Crippen molar-refractivity contribution in [2.45, 2.75) is 44.4 Å². The van der Waals surface area contributed by atoms with Gasteiger partial charge in [0.15, 0.2) is 0 Å². The predicted octanol–water partition coefficient (Wildman–Crippen LogP) is 9.38. The second-order valence-electron chi connectivity index (χ2n) is 23.4. The summed E-state index contributed by atoms with van der Waals surface area (Å²) in [5.74, 6) is 0. The van der Waals surface area contributed by atoms with Gasteiger partial charge < -0.3 is 14.7 Å². The van der Waals surface area contributed by atoms with Crippen LogP contribution < -0.4 is 80.3 Å². The molecule has 8 heteroatoms. The van der Waals surface area contributed by atoms with Crippen LogP contribution >= 0.6 is 11.8 Å². The van der Waals surface area contributed by atoms with Crippen LogP contribution in [0.5, 0.6) is 0 Å². The van der Waals surface area contributed by atoms with Gasteiger partial charge in [-0.3, -0.25) is 0 Å². The van der Waals surface area contributed by atoms with Crippen molar-refractivity contribution in [3.63, 3.8) is 0 Å². The Hall–Kier alpha value is -8.57. The number of benzene rings is 11. The SMILES string of the molecule is Cc1cc(C)c(B2c3ccccc3Sc3cc4c(cc32)B2c3ccc(-c5ccccc5)cc3N3c5cc(-c6ccccc6)ccc5B5c6cc(C)ccc6N6c7ccc(C)cc7B7c8ccccc8N4c4c7c6c5c3c42)c(C)c1. The molecule has 0 bridgehead atoms. The van der Waals surface area contributed by atoms with Crippen LogP contribution in [0, 0.1) is 34.6 Å². The monoisotopic (exact) mass is 1020 g/mol. The maximum Gasteiger partial charge on any atom is 0.252 e. The first-order chi connectivity index (χ1) is 38.8. The fraction of sp³-hybridized carbons (Fsp3) is 0.0704. The van der Waals surface area contributed by atoms with Crippen molar-refractivity contribution in [1.29, 1.82) is 0 Å². The summed E-state index contributed by atoms with van der Waals surface area (Å²) in [4.78, 5) is 10.9. The maximum absolute atomic E-state index is 2.76. The molecule has 3 nitrogen and oxygen atoms in total. The molecule has 0 aliphatic carbocycles. The van der Waals surface area contributed by atoms with Gasteiger partial charge in [-0.05, 0) is 149 Å². The summed E-state index contributed by atoms with van der Waals surface area (Å²) in [5.41, 5.74) is 39.9. The highest BCUT2D eigenvalue weighted by Crippen LogP contribution is 2.52. The molecule has 7 aliphatic heterocycles. The van der Waals surface area contributed by atoms with Gasteiger partial charge in [-0.1, -0.05) is 220 Å². The van der Waals surface area contributed by atoms with E-state index in [0.717, 1.165) is 0 Å². The van der Waals surface area contributed by atoms with E-state index in [9.17, 15) is 0 Å². The van der Waals surface area contributed by atoms with Crippen molar-refractivity contribution in [3.05, 3.63) is 234 Å². The van der Waals surface area contributed by atoms with E-state index in [-0.39, 0.29) is 26.9 Å². The molecule has 0 radical (unpaired) electrons. The summed E-state index contributed by atoms with van der Waals surface area (Å²) in [5, 5.41) is 0. The van der Waals surface area contributed by atoms with Gasteiger partial charge in [-0.2, -0.15) is 0 Å². The number of fused-ring (bicyclic) bond motifs is 20. The molecule has 11 aromatic rings. The summed E-state index contributed by atoms with van der Waals surface area (Å²) in [7, 11) is 0. The van der Waals surface area contributed by atoms with Crippen LogP contribution in [0.2, 0.25) is 0 Å². The van der Waals surface area contributed by atoms with Crippen LogP contribution in [0.4, 0.5) is 51.2 Å². The quantitative estimate of drug-likeness (QED) is 0.163. The number of hydrogen-bond acceptors (Lipinski definition) is 4. The third kappa shape index (κ3) is 5.79. The van der Waals surface area contributed by atoms with Crippen molar-refractivity contribution in [2.75, 3.05) is 14.7 Å². The van der Waals surface area contributed by atoms with Crippen LogP contribution in [-0.2, 0) is 0 Å². The van der Waals surface area contributed by atoms with Gasteiger partial charge in [-0.15, -0.1) is 0 Å². The maximum atomic E-state index is 2.76. The number of hydrogen-bond donors (Lipinski definition) is 0. The molecule has 7 aliphatic rings. The Morgan fingerprint density at radius 2 is 0.696 bits per heavy atom. The average molecular weight is 1020 g/mol. The van der Waals surface area contributed by atoms with E-state index in [1.165, 1.54) is 177 Å². The molecule has 0 N–H and O–H groups in total. The molecule has 0 fully saturated rings. The number of rotatable bonds is 3. The Labute approximate surface area is 467 Å². The second-order valence-corrected chi connectivity index (χ2v) is 24.5. The van der Waals surface area contributed by atoms with Crippen molar-refractivity contribution in [3.8, 4) is 22.3 Å². The normalized spacial score (nSPS) is 14.4. The first-order valence-electron chi connectivity index (χ1n) is 28.1. The van der Waals surface area contributed by atoms with Crippen LogP contribution in [0.3, 0.4) is 0 Å². The van der Waals surface area contributed by atoms with Crippen LogP contribution in [-0.4, -0.2) is 26.9 Å². The topological polar surface area (TPSA) is 9.72 Å². The lowest BCUT2D eigenvalue weighted by atomic mass is 9.24.